The van der Waals surface area contributed by atoms with Crippen molar-refractivity contribution in [2.24, 2.45) is 5.10 Å². The minimum absolute atomic E-state index is 0.0805. The number of amides is 1. The lowest BCUT2D eigenvalue weighted by Crippen LogP contribution is -2.26. The van der Waals surface area contributed by atoms with Crippen LogP contribution in [0.5, 0.6) is 5.75 Å². The van der Waals surface area contributed by atoms with E-state index in [9.17, 15) is 13.2 Å². The average Bonchev–Trinajstić information content (AvgIpc) is 2.63. The van der Waals surface area contributed by atoms with E-state index in [0.29, 0.717) is 11.3 Å². The van der Waals surface area contributed by atoms with Crippen molar-refractivity contribution in [3.05, 3.63) is 54.1 Å². The van der Waals surface area contributed by atoms with Crippen molar-refractivity contribution >= 4 is 27.1 Å². The summed E-state index contributed by atoms with van der Waals surface area (Å²) in [5.74, 6) is -0.0652. The molecule has 26 heavy (non-hydrogen) atoms. The number of hydrazone groups is 1. The van der Waals surface area contributed by atoms with Crippen molar-refractivity contribution in [1.82, 2.24) is 5.43 Å². The molecule has 0 heterocycles. The Morgan fingerprint density at radius 2 is 1.85 bits per heavy atom. The number of hydrogen-bond donors (Lipinski definition) is 2. The third-order valence-corrected chi connectivity index (χ3v) is 4.69. The molecule has 1 amide bonds. The van der Waals surface area contributed by atoms with E-state index in [0.717, 1.165) is 11.9 Å². The van der Waals surface area contributed by atoms with Gasteiger partial charge in [-0.3, -0.25) is 4.79 Å². The molecule has 0 bridgehead atoms. The van der Waals surface area contributed by atoms with Gasteiger partial charge in [0.15, 0.2) is 9.84 Å². The van der Waals surface area contributed by atoms with Crippen LogP contribution in [-0.2, 0) is 14.6 Å². The predicted molar refractivity (Wildman–Crippen MR) is 101 cm³/mol. The molecule has 2 aromatic rings. The van der Waals surface area contributed by atoms with Crippen molar-refractivity contribution in [2.75, 3.05) is 25.2 Å². The molecule has 0 aliphatic rings. The summed E-state index contributed by atoms with van der Waals surface area (Å²) in [7, 11) is -1.99. The Hall–Kier alpha value is -2.87. The van der Waals surface area contributed by atoms with Crippen molar-refractivity contribution < 1.29 is 17.9 Å². The van der Waals surface area contributed by atoms with Gasteiger partial charge in [-0.1, -0.05) is 24.3 Å². The van der Waals surface area contributed by atoms with Crippen LogP contribution in [0.4, 0.5) is 5.69 Å². The lowest BCUT2D eigenvalue weighted by atomic mass is 10.1. The van der Waals surface area contributed by atoms with Gasteiger partial charge in [-0.15, -0.1) is 0 Å². The zero-order valence-electron chi connectivity index (χ0n) is 14.8. The Labute approximate surface area is 153 Å². The fourth-order valence-corrected chi connectivity index (χ4v) is 3.01. The largest absolute Gasteiger partial charge is 0.495 e. The number of benzene rings is 2. The number of hydrogen-bond acceptors (Lipinski definition) is 6. The summed E-state index contributed by atoms with van der Waals surface area (Å²) in [5.41, 5.74) is 4.47. The van der Waals surface area contributed by atoms with Gasteiger partial charge in [0.2, 0.25) is 0 Å². The standard InChI is InChI=1S/C18H21N3O4S/c1-13(14-9-10-17(26(3,23)24)16(11-14)25-2)20-21-18(22)12-19-15-7-5-4-6-8-15/h4-11,19H,12H2,1-3H3,(H,21,22). The quantitative estimate of drug-likeness (QED) is 0.570. The minimum Gasteiger partial charge on any atom is -0.495 e. The van der Waals surface area contributed by atoms with Gasteiger partial charge in [0, 0.05) is 17.5 Å². The normalized spacial score (nSPS) is 11.7. The summed E-state index contributed by atoms with van der Waals surface area (Å²) >= 11 is 0. The van der Waals surface area contributed by atoms with Gasteiger partial charge in [-0.05, 0) is 31.2 Å². The third kappa shape index (κ3) is 5.32. The molecule has 138 valence electrons. The third-order valence-electron chi connectivity index (χ3n) is 3.56. The van der Waals surface area contributed by atoms with Crippen LogP contribution in [0.2, 0.25) is 0 Å². The van der Waals surface area contributed by atoms with E-state index in [4.69, 9.17) is 4.74 Å². The molecule has 0 fully saturated rings. The van der Waals surface area contributed by atoms with Crippen molar-refractivity contribution in [2.45, 2.75) is 11.8 Å². The maximum Gasteiger partial charge on any atom is 0.259 e. The van der Waals surface area contributed by atoms with E-state index in [2.05, 4.69) is 15.8 Å². The monoisotopic (exact) mass is 375 g/mol. The summed E-state index contributed by atoms with van der Waals surface area (Å²) in [5, 5.41) is 7.03. The number of nitrogens with one attached hydrogen (secondary N) is 2. The number of carbonyl (C=O) groups is 1. The number of carbonyl (C=O) groups excluding carboxylic acids is 1. The zero-order valence-corrected chi connectivity index (χ0v) is 15.6. The molecular formula is C18H21N3O4S. The molecular weight excluding hydrogens is 354 g/mol. The number of anilines is 1. The maximum atomic E-state index is 11.9. The van der Waals surface area contributed by atoms with Crippen LogP contribution in [0.15, 0.2) is 58.5 Å². The van der Waals surface area contributed by atoms with Crippen molar-refractivity contribution in [1.29, 1.82) is 0 Å². The summed E-state index contributed by atoms with van der Waals surface area (Å²) in [6, 6.07) is 14.0. The van der Waals surface area contributed by atoms with E-state index >= 15 is 0 Å². The van der Waals surface area contributed by atoms with Crippen molar-refractivity contribution in [3.63, 3.8) is 0 Å². The van der Waals surface area contributed by atoms with Gasteiger partial charge in [-0.25, -0.2) is 13.8 Å². The van der Waals surface area contributed by atoms with Gasteiger partial charge < -0.3 is 10.1 Å². The highest BCUT2D eigenvalue weighted by Gasteiger charge is 2.15. The zero-order chi connectivity index (χ0) is 19.2. The molecule has 0 unspecified atom stereocenters. The Balaban J connectivity index is 2.03. The van der Waals surface area contributed by atoms with Crippen LogP contribution in [0.1, 0.15) is 12.5 Å². The molecule has 0 spiro atoms. The average molecular weight is 375 g/mol. The fraction of sp³-hybridized carbons (Fsp3) is 0.222. The predicted octanol–water partition coefficient (Wildman–Crippen LogP) is 2.05. The molecule has 0 aliphatic carbocycles. The first kappa shape index (κ1) is 19.5. The van der Waals surface area contributed by atoms with Crippen LogP contribution in [0.25, 0.3) is 0 Å². The number of ether oxygens (including phenoxy) is 1. The highest BCUT2D eigenvalue weighted by molar-refractivity contribution is 7.90. The topological polar surface area (TPSA) is 96.9 Å². The molecule has 0 radical (unpaired) electrons. The summed E-state index contributed by atoms with van der Waals surface area (Å²) in [6.45, 7) is 1.79. The Kier molecular flexibility index (Phi) is 6.35. The lowest BCUT2D eigenvalue weighted by Gasteiger charge is -2.09. The van der Waals surface area contributed by atoms with Crippen LogP contribution in [0.3, 0.4) is 0 Å². The van der Waals surface area contributed by atoms with E-state index in [1.54, 1.807) is 19.1 Å². The van der Waals surface area contributed by atoms with Crippen LogP contribution in [-0.4, -0.2) is 39.9 Å². The number of methoxy groups -OCH3 is 1. The maximum absolute atomic E-state index is 11.9. The number of para-hydroxylation sites is 1. The smallest absolute Gasteiger partial charge is 0.259 e. The first-order valence-electron chi connectivity index (χ1n) is 7.82. The van der Waals surface area contributed by atoms with Gasteiger partial charge in [0.05, 0.1) is 19.4 Å². The molecule has 0 aliphatic heterocycles. The molecule has 2 aromatic carbocycles. The molecule has 8 heteroatoms. The van der Waals surface area contributed by atoms with E-state index in [-0.39, 0.29) is 23.1 Å². The SMILES string of the molecule is COc1cc(C(C)=NNC(=O)CNc2ccccc2)ccc1S(C)(=O)=O. The Morgan fingerprint density at radius 1 is 1.15 bits per heavy atom. The van der Waals surface area contributed by atoms with Crippen LogP contribution in [0, 0.1) is 0 Å². The fourth-order valence-electron chi connectivity index (χ4n) is 2.19. The van der Waals surface area contributed by atoms with Crippen LogP contribution < -0.4 is 15.5 Å². The molecule has 0 saturated heterocycles. The van der Waals surface area contributed by atoms with Crippen LogP contribution >= 0.6 is 0 Å². The Bertz CT molecular complexity index is 909. The summed E-state index contributed by atoms with van der Waals surface area (Å²) < 4.78 is 28.6. The molecule has 0 atom stereocenters. The summed E-state index contributed by atoms with van der Waals surface area (Å²) in [4.78, 5) is 12.0. The Morgan fingerprint density at radius 3 is 2.46 bits per heavy atom. The number of rotatable bonds is 7. The summed E-state index contributed by atoms with van der Waals surface area (Å²) in [6.07, 6.45) is 1.12. The molecule has 7 nitrogen and oxygen atoms in total. The van der Waals surface area contributed by atoms with Gasteiger partial charge >= 0.3 is 0 Å². The number of sulfone groups is 1. The second kappa shape index (κ2) is 8.48. The van der Waals surface area contributed by atoms with Gasteiger partial charge in [0.1, 0.15) is 10.6 Å². The molecule has 2 rings (SSSR count). The highest BCUT2D eigenvalue weighted by atomic mass is 32.2. The van der Waals surface area contributed by atoms with E-state index in [1.807, 2.05) is 30.3 Å². The first-order chi connectivity index (χ1) is 12.3. The first-order valence-corrected chi connectivity index (χ1v) is 9.71. The lowest BCUT2D eigenvalue weighted by molar-refractivity contribution is -0.119. The van der Waals surface area contributed by atoms with Crippen molar-refractivity contribution in [3.8, 4) is 5.75 Å². The molecule has 0 aromatic heterocycles. The minimum atomic E-state index is -3.39. The molecule has 2 N–H and O–H groups in total. The van der Waals surface area contributed by atoms with E-state index in [1.165, 1.54) is 13.2 Å². The van der Waals surface area contributed by atoms with Gasteiger partial charge in [0.25, 0.3) is 5.91 Å². The molecule has 0 saturated carbocycles. The highest BCUT2D eigenvalue weighted by Crippen LogP contribution is 2.25. The van der Waals surface area contributed by atoms with E-state index < -0.39 is 9.84 Å². The second-order valence-corrected chi connectivity index (χ2v) is 7.57. The number of nitrogens with zero attached hydrogens (tertiary/aromatic N) is 1. The second-order valence-electron chi connectivity index (χ2n) is 5.59. The van der Waals surface area contributed by atoms with Gasteiger partial charge in [-0.2, -0.15) is 5.10 Å².